The average molecular weight is 394 g/mol. The van der Waals surface area contributed by atoms with Gasteiger partial charge in [0.15, 0.2) is 5.76 Å². The van der Waals surface area contributed by atoms with Gasteiger partial charge in [-0.25, -0.2) is 13.8 Å². The van der Waals surface area contributed by atoms with Crippen LogP contribution in [0.25, 0.3) is 11.1 Å². The number of aryl methyl sites for hydroxylation is 2. The number of hydrogen-bond acceptors (Lipinski definition) is 4. The predicted molar refractivity (Wildman–Crippen MR) is 98.5 cm³/mol. The minimum atomic E-state index is -2.73. The first-order valence-electron chi connectivity index (χ1n) is 8.28. The van der Waals surface area contributed by atoms with Crippen molar-refractivity contribution in [3.63, 3.8) is 0 Å². The maximum Gasteiger partial charge on any atom is 0.283 e. The van der Waals surface area contributed by atoms with Gasteiger partial charge < -0.3 is 4.52 Å². The summed E-state index contributed by atoms with van der Waals surface area (Å²) in [7, 11) is 0. The molecule has 0 radical (unpaired) electrons. The molecule has 0 N–H and O–H groups in total. The second-order valence-corrected chi connectivity index (χ2v) is 6.78. The summed E-state index contributed by atoms with van der Waals surface area (Å²) in [5.41, 5.74) is 2.82. The van der Waals surface area contributed by atoms with Gasteiger partial charge in [-0.05, 0) is 50.5 Å². The van der Waals surface area contributed by atoms with Gasteiger partial charge in [0.1, 0.15) is 11.5 Å². The SMILES string of the molecule is Cc1nc(C)n(Cc2cc(C(F)F)no2)c(=O)c1-c1ccc(Cl)c(C)c1C. The minimum Gasteiger partial charge on any atom is -0.359 e. The summed E-state index contributed by atoms with van der Waals surface area (Å²) in [6.07, 6.45) is -2.73. The fourth-order valence-electron chi connectivity index (χ4n) is 3.01. The van der Waals surface area contributed by atoms with Crippen molar-refractivity contribution in [3.05, 3.63) is 67.7 Å². The maximum atomic E-state index is 13.2. The molecule has 0 fully saturated rings. The fraction of sp³-hybridized carbons (Fsp3) is 0.316. The van der Waals surface area contributed by atoms with Gasteiger partial charge in [-0.3, -0.25) is 9.36 Å². The van der Waals surface area contributed by atoms with Crippen molar-refractivity contribution in [3.8, 4) is 11.1 Å². The van der Waals surface area contributed by atoms with Gasteiger partial charge in [0.05, 0.1) is 17.8 Å². The van der Waals surface area contributed by atoms with Gasteiger partial charge in [0.25, 0.3) is 12.0 Å². The molecule has 2 aromatic heterocycles. The van der Waals surface area contributed by atoms with Gasteiger partial charge in [-0.15, -0.1) is 0 Å². The number of nitrogens with zero attached hydrogens (tertiary/aromatic N) is 3. The fourth-order valence-corrected chi connectivity index (χ4v) is 3.22. The van der Waals surface area contributed by atoms with Crippen molar-refractivity contribution in [2.75, 3.05) is 0 Å². The largest absolute Gasteiger partial charge is 0.359 e. The first kappa shape index (κ1) is 19.2. The van der Waals surface area contributed by atoms with Crippen molar-refractivity contribution in [1.29, 1.82) is 0 Å². The van der Waals surface area contributed by atoms with E-state index < -0.39 is 12.1 Å². The highest BCUT2D eigenvalue weighted by Crippen LogP contribution is 2.29. The molecule has 3 rings (SSSR count). The molecule has 0 bridgehead atoms. The van der Waals surface area contributed by atoms with Crippen molar-refractivity contribution in [2.24, 2.45) is 0 Å². The third-order valence-corrected chi connectivity index (χ3v) is 5.06. The Morgan fingerprint density at radius 2 is 1.89 bits per heavy atom. The van der Waals surface area contributed by atoms with Crippen molar-refractivity contribution >= 4 is 11.6 Å². The molecule has 27 heavy (non-hydrogen) atoms. The second-order valence-electron chi connectivity index (χ2n) is 6.37. The van der Waals surface area contributed by atoms with Crippen LogP contribution >= 0.6 is 11.6 Å². The van der Waals surface area contributed by atoms with E-state index in [-0.39, 0.29) is 17.9 Å². The Bertz CT molecular complexity index is 1070. The van der Waals surface area contributed by atoms with E-state index in [0.29, 0.717) is 22.1 Å². The van der Waals surface area contributed by atoms with Crippen LogP contribution in [-0.4, -0.2) is 14.7 Å². The Kier molecular flexibility index (Phi) is 5.15. The summed E-state index contributed by atoms with van der Waals surface area (Å²) >= 11 is 6.17. The molecule has 0 saturated carbocycles. The van der Waals surface area contributed by atoms with Crippen LogP contribution in [0.1, 0.15) is 40.5 Å². The Hall–Kier alpha value is -2.54. The summed E-state index contributed by atoms with van der Waals surface area (Å²) in [6, 6.07) is 4.68. The number of hydrogen-bond donors (Lipinski definition) is 0. The Labute approximate surface area is 159 Å². The average Bonchev–Trinajstić information content (AvgIpc) is 3.07. The van der Waals surface area contributed by atoms with Crippen LogP contribution in [0.15, 0.2) is 27.5 Å². The van der Waals surface area contributed by atoms with Gasteiger partial charge >= 0.3 is 0 Å². The first-order chi connectivity index (χ1) is 12.7. The number of benzene rings is 1. The normalized spacial score (nSPS) is 11.4. The second kappa shape index (κ2) is 7.23. The molecule has 0 unspecified atom stereocenters. The molecule has 0 aliphatic rings. The molecule has 1 aromatic carbocycles. The van der Waals surface area contributed by atoms with Gasteiger partial charge in [-0.1, -0.05) is 22.8 Å². The Morgan fingerprint density at radius 1 is 1.19 bits per heavy atom. The standard InChI is InChI=1S/C19H18ClF2N3O2/c1-9-10(2)15(20)6-5-14(9)17-11(3)23-12(4)25(19(17)26)8-13-7-16(18(21)22)24-27-13/h5-7,18H,8H2,1-4H3. The molecular weight excluding hydrogens is 376 g/mol. The van der Waals surface area contributed by atoms with E-state index in [1.54, 1.807) is 26.0 Å². The molecule has 0 aliphatic carbocycles. The number of aromatic nitrogens is 3. The highest BCUT2D eigenvalue weighted by atomic mass is 35.5. The van der Waals surface area contributed by atoms with Crippen LogP contribution in [0, 0.1) is 27.7 Å². The van der Waals surface area contributed by atoms with E-state index in [4.69, 9.17) is 16.1 Å². The van der Waals surface area contributed by atoms with E-state index in [9.17, 15) is 13.6 Å². The third kappa shape index (κ3) is 3.51. The molecule has 0 aliphatic heterocycles. The molecule has 3 aromatic rings. The lowest BCUT2D eigenvalue weighted by molar-refractivity contribution is 0.140. The monoisotopic (exact) mass is 393 g/mol. The van der Waals surface area contributed by atoms with Crippen molar-refractivity contribution in [1.82, 2.24) is 14.7 Å². The lowest BCUT2D eigenvalue weighted by Gasteiger charge is -2.15. The van der Waals surface area contributed by atoms with Gasteiger partial charge in [0.2, 0.25) is 0 Å². The molecule has 0 atom stereocenters. The number of halogens is 3. The van der Waals surface area contributed by atoms with Crippen LogP contribution in [0.2, 0.25) is 5.02 Å². The zero-order valence-corrected chi connectivity index (χ0v) is 16.1. The molecule has 0 amide bonds. The molecule has 0 saturated heterocycles. The molecule has 0 spiro atoms. The summed E-state index contributed by atoms with van der Waals surface area (Å²) < 4.78 is 31.8. The Morgan fingerprint density at radius 3 is 2.52 bits per heavy atom. The van der Waals surface area contributed by atoms with Crippen molar-refractivity contribution in [2.45, 2.75) is 40.7 Å². The topological polar surface area (TPSA) is 60.9 Å². The maximum absolute atomic E-state index is 13.2. The van der Waals surface area contributed by atoms with Crippen LogP contribution in [0.3, 0.4) is 0 Å². The van der Waals surface area contributed by atoms with Crippen molar-refractivity contribution < 1.29 is 13.3 Å². The quantitative estimate of drug-likeness (QED) is 0.640. The van der Waals surface area contributed by atoms with Crippen LogP contribution in [-0.2, 0) is 6.54 Å². The summed E-state index contributed by atoms with van der Waals surface area (Å²) in [5, 5.41) is 3.95. The lowest BCUT2D eigenvalue weighted by Crippen LogP contribution is -2.27. The van der Waals surface area contributed by atoms with Crippen LogP contribution < -0.4 is 5.56 Å². The van der Waals surface area contributed by atoms with Gasteiger partial charge in [-0.2, -0.15) is 0 Å². The van der Waals surface area contributed by atoms with E-state index in [2.05, 4.69) is 10.1 Å². The summed E-state index contributed by atoms with van der Waals surface area (Å²) in [4.78, 5) is 17.6. The first-order valence-corrected chi connectivity index (χ1v) is 8.66. The summed E-state index contributed by atoms with van der Waals surface area (Å²) in [6.45, 7) is 7.20. The highest BCUT2D eigenvalue weighted by molar-refractivity contribution is 6.31. The van der Waals surface area contributed by atoms with E-state index in [0.717, 1.165) is 22.8 Å². The molecular formula is C19H18ClF2N3O2. The molecule has 8 heteroatoms. The van der Waals surface area contributed by atoms with Gasteiger partial charge in [0, 0.05) is 11.1 Å². The number of rotatable bonds is 4. The zero-order chi connectivity index (χ0) is 19.9. The molecule has 142 valence electrons. The zero-order valence-electron chi connectivity index (χ0n) is 15.3. The predicted octanol–water partition coefficient (Wildman–Crippen LogP) is 4.77. The van der Waals surface area contributed by atoms with E-state index in [1.165, 1.54) is 4.57 Å². The summed E-state index contributed by atoms with van der Waals surface area (Å²) in [5.74, 6) is 0.621. The Balaban J connectivity index is 2.14. The minimum absolute atomic E-state index is 0.0315. The smallest absolute Gasteiger partial charge is 0.283 e. The molecule has 5 nitrogen and oxygen atoms in total. The highest BCUT2D eigenvalue weighted by Gasteiger charge is 2.19. The third-order valence-electron chi connectivity index (χ3n) is 4.65. The lowest BCUT2D eigenvalue weighted by atomic mass is 9.97. The number of alkyl halides is 2. The van der Waals surface area contributed by atoms with E-state index >= 15 is 0 Å². The van der Waals surface area contributed by atoms with Crippen LogP contribution in [0.5, 0.6) is 0 Å². The molecule has 2 heterocycles. The van der Waals surface area contributed by atoms with Crippen LogP contribution in [0.4, 0.5) is 8.78 Å². The van der Waals surface area contributed by atoms with E-state index in [1.807, 2.05) is 13.8 Å².